The molecule has 10 heteroatoms. The second-order valence-corrected chi connectivity index (χ2v) is 9.79. The fourth-order valence-electron chi connectivity index (χ4n) is 3.33. The zero-order valence-corrected chi connectivity index (χ0v) is 24.6. The van der Waals surface area contributed by atoms with Crippen LogP contribution in [-0.2, 0) is 0 Å². The van der Waals surface area contributed by atoms with Gasteiger partial charge in [-0.3, -0.25) is 4.98 Å². The third-order valence-electron chi connectivity index (χ3n) is 5.60. The molecule has 3 aromatic carbocycles. The number of amides is 2. The van der Waals surface area contributed by atoms with Gasteiger partial charge in [0.1, 0.15) is 36.2 Å². The van der Waals surface area contributed by atoms with Gasteiger partial charge in [0, 0.05) is 42.5 Å². The van der Waals surface area contributed by atoms with Crippen molar-refractivity contribution < 1.29 is 19.0 Å². The van der Waals surface area contributed by atoms with E-state index in [-0.39, 0.29) is 6.03 Å². The number of hydrogen-bond donors (Lipinski definition) is 3. The Morgan fingerprint density at radius 1 is 0.643 bits per heavy atom. The van der Waals surface area contributed by atoms with E-state index in [2.05, 4.69) is 25.4 Å². The molecule has 1 aromatic heterocycles. The lowest BCUT2D eigenvalue weighted by atomic mass is 10.3. The van der Waals surface area contributed by atoms with Crippen molar-refractivity contribution in [2.75, 3.05) is 70.9 Å². The molecule has 0 fully saturated rings. The summed E-state index contributed by atoms with van der Waals surface area (Å²) in [5.41, 5.74) is 7.64. The van der Waals surface area contributed by atoms with Crippen LogP contribution in [0.3, 0.4) is 0 Å². The van der Waals surface area contributed by atoms with Crippen LogP contribution in [0.1, 0.15) is 0 Å². The second kappa shape index (κ2) is 17.1. The molecule has 0 unspecified atom stereocenters. The van der Waals surface area contributed by atoms with Gasteiger partial charge in [-0.25, -0.2) is 4.79 Å². The van der Waals surface area contributed by atoms with E-state index in [9.17, 15) is 4.79 Å². The number of carbonyl (C=O) groups is 1. The molecule has 0 spiro atoms. The molecule has 0 saturated heterocycles. The Morgan fingerprint density at radius 3 is 1.50 bits per heavy atom. The molecule has 0 atom stereocenters. The maximum Gasteiger partial charge on any atom is 0.323 e. The Morgan fingerprint density at radius 2 is 1.05 bits per heavy atom. The van der Waals surface area contributed by atoms with E-state index < -0.39 is 0 Å². The Labute approximate surface area is 248 Å². The molecule has 0 radical (unpaired) electrons. The summed E-state index contributed by atoms with van der Waals surface area (Å²) in [6, 6.07) is 25.1. The normalized spacial score (nSPS) is 10.4. The van der Waals surface area contributed by atoms with Gasteiger partial charge < -0.3 is 40.4 Å². The molecule has 42 heavy (non-hydrogen) atoms. The first-order valence-electron chi connectivity index (χ1n) is 13.5. The highest BCUT2D eigenvalue weighted by atomic mass is 16.5. The van der Waals surface area contributed by atoms with Gasteiger partial charge in [-0.05, 0) is 113 Å². The number of likely N-dealkylation sites (N-methyl/N-ethyl adjacent to an activating group) is 2. The van der Waals surface area contributed by atoms with Gasteiger partial charge >= 0.3 is 6.03 Å². The first kappa shape index (κ1) is 31.7. The highest BCUT2D eigenvalue weighted by Gasteiger charge is 2.04. The van der Waals surface area contributed by atoms with E-state index in [1.165, 1.54) is 0 Å². The van der Waals surface area contributed by atoms with E-state index >= 15 is 0 Å². The topological polar surface area (TPSA) is 114 Å². The van der Waals surface area contributed by atoms with Crippen molar-refractivity contribution in [3.63, 3.8) is 0 Å². The molecule has 0 aliphatic carbocycles. The van der Waals surface area contributed by atoms with Gasteiger partial charge in [0.2, 0.25) is 0 Å². The molecule has 4 aromatic rings. The number of nitrogens with zero attached hydrogens (tertiary/aromatic N) is 3. The average molecular weight is 573 g/mol. The molecule has 4 N–H and O–H groups in total. The maximum atomic E-state index is 12.2. The summed E-state index contributed by atoms with van der Waals surface area (Å²) in [7, 11) is 8.03. The number of rotatable bonds is 12. The van der Waals surface area contributed by atoms with Crippen LogP contribution in [-0.4, -0.2) is 75.3 Å². The third-order valence-corrected chi connectivity index (χ3v) is 5.60. The molecule has 2 amide bonds. The number of nitrogen functional groups attached to an aromatic ring is 1. The first-order chi connectivity index (χ1) is 20.3. The summed E-state index contributed by atoms with van der Waals surface area (Å²) in [5.74, 6) is 3.01. The van der Waals surface area contributed by atoms with Gasteiger partial charge in [0.25, 0.3) is 0 Å². The van der Waals surface area contributed by atoms with Crippen LogP contribution in [0.2, 0.25) is 0 Å². The van der Waals surface area contributed by atoms with Crippen LogP contribution in [0.25, 0.3) is 0 Å². The van der Waals surface area contributed by atoms with Crippen molar-refractivity contribution in [2.45, 2.75) is 0 Å². The number of hydrogen-bond acceptors (Lipinski definition) is 8. The summed E-state index contributed by atoms with van der Waals surface area (Å²) in [6.45, 7) is 3.08. The Balaban J connectivity index is 0.000000312. The van der Waals surface area contributed by atoms with E-state index in [0.717, 1.165) is 30.3 Å². The minimum absolute atomic E-state index is 0.325. The predicted molar refractivity (Wildman–Crippen MR) is 169 cm³/mol. The predicted octanol–water partition coefficient (Wildman–Crippen LogP) is 5.67. The number of carbonyl (C=O) groups excluding carboxylic acids is 1. The largest absolute Gasteiger partial charge is 0.492 e. The molecule has 10 nitrogen and oxygen atoms in total. The van der Waals surface area contributed by atoms with E-state index in [0.29, 0.717) is 36.1 Å². The second-order valence-electron chi connectivity index (χ2n) is 9.79. The number of urea groups is 1. The number of nitrogens with one attached hydrogen (secondary N) is 2. The molecular formula is C32H40N6O4. The molecule has 1 heterocycles. The molecule has 0 aliphatic rings. The Bertz CT molecular complexity index is 1320. The minimum atomic E-state index is -0.325. The van der Waals surface area contributed by atoms with Crippen LogP contribution in [0.4, 0.5) is 21.9 Å². The fourth-order valence-corrected chi connectivity index (χ4v) is 3.33. The van der Waals surface area contributed by atoms with Gasteiger partial charge in [0.15, 0.2) is 0 Å². The molecule has 4 rings (SSSR count). The smallest absolute Gasteiger partial charge is 0.323 e. The SMILES string of the molecule is CN(C)CCOc1ccc(N)cc1.CN(C)CCOc1ccc(NC(=O)Nc2ccc(Oc3ccncc3)cc2)cc1. The number of pyridine rings is 1. The summed E-state index contributed by atoms with van der Waals surface area (Å²) >= 11 is 0. The molecule has 0 bridgehead atoms. The molecule has 0 aliphatic heterocycles. The molecule has 222 valence electrons. The van der Waals surface area contributed by atoms with Gasteiger partial charge in [-0.1, -0.05) is 0 Å². The summed E-state index contributed by atoms with van der Waals surface area (Å²) in [6.07, 6.45) is 3.33. The monoisotopic (exact) mass is 572 g/mol. The van der Waals surface area contributed by atoms with Crippen molar-refractivity contribution >= 4 is 23.1 Å². The first-order valence-corrected chi connectivity index (χ1v) is 13.5. The summed E-state index contributed by atoms with van der Waals surface area (Å²) in [4.78, 5) is 20.3. The number of benzene rings is 3. The maximum absolute atomic E-state index is 12.2. The highest BCUT2D eigenvalue weighted by molar-refractivity contribution is 5.99. The van der Waals surface area contributed by atoms with E-state index in [1.54, 1.807) is 60.9 Å². The third kappa shape index (κ3) is 12.6. The molecular weight excluding hydrogens is 532 g/mol. The van der Waals surface area contributed by atoms with Gasteiger partial charge in [0.05, 0.1) is 0 Å². The van der Waals surface area contributed by atoms with Crippen LogP contribution in [0, 0.1) is 0 Å². The van der Waals surface area contributed by atoms with Crippen LogP contribution >= 0.6 is 0 Å². The Hall–Kier alpha value is -4.80. The summed E-state index contributed by atoms with van der Waals surface area (Å²) < 4.78 is 16.8. The van der Waals surface area contributed by atoms with Crippen molar-refractivity contribution in [1.29, 1.82) is 0 Å². The lowest BCUT2D eigenvalue weighted by Gasteiger charge is -2.12. The zero-order valence-electron chi connectivity index (χ0n) is 24.6. The minimum Gasteiger partial charge on any atom is -0.492 e. The van der Waals surface area contributed by atoms with Gasteiger partial charge in [-0.15, -0.1) is 0 Å². The fraction of sp³-hybridized carbons (Fsp3) is 0.250. The lowest BCUT2D eigenvalue weighted by Crippen LogP contribution is -2.20. The number of anilines is 3. The highest BCUT2D eigenvalue weighted by Crippen LogP contribution is 2.22. The number of ether oxygens (including phenoxy) is 3. The van der Waals surface area contributed by atoms with Crippen molar-refractivity contribution in [3.05, 3.63) is 97.3 Å². The zero-order chi connectivity index (χ0) is 30.2. The quantitative estimate of drug-likeness (QED) is 0.186. The van der Waals surface area contributed by atoms with E-state index in [4.69, 9.17) is 19.9 Å². The van der Waals surface area contributed by atoms with Crippen molar-refractivity contribution in [3.8, 4) is 23.0 Å². The average Bonchev–Trinajstić information content (AvgIpc) is 2.97. The standard InChI is InChI=1S/C22H24N4O3.C10H16N2O/c1-26(2)15-16-28-19-7-3-17(4-8-19)24-22(27)25-18-5-9-20(10-6-18)29-21-11-13-23-14-12-21;1-12(2)7-8-13-10-5-3-9(11)4-6-10/h3-14H,15-16H2,1-2H3,(H2,24,25,27);3-6H,7-8,11H2,1-2H3. The van der Waals surface area contributed by atoms with Crippen molar-refractivity contribution in [1.82, 2.24) is 14.8 Å². The Kier molecular flexibility index (Phi) is 12.9. The summed E-state index contributed by atoms with van der Waals surface area (Å²) in [5, 5.41) is 5.58. The van der Waals surface area contributed by atoms with Gasteiger partial charge in [-0.2, -0.15) is 0 Å². The number of aromatic nitrogens is 1. The van der Waals surface area contributed by atoms with E-state index in [1.807, 2.05) is 64.6 Å². The molecule has 0 saturated carbocycles. The number of nitrogens with two attached hydrogens (primary N) is 1. The van der Waals surface area contributed by atoms with Crippen LogP contribution in [0.5, 0.6) is 23.0 Å². The van der Waals surface area contributed by atoms with Crippen LogP contribution in [0.15, 0.2) is 97.3 Å². The van der Waals surface area contributed by atoms with Crippen LogP contribution < -0.4 is 30.6 Å². The van der Waals surface area contributed by atoms with Crippen molar-refractivity contribution in [2.24, 2.45) is 0 Å². The lowest BCUT2D eigenvalue weighted by molar-refractivity contribution is 0.261.